The van der Waals surface area contributed by atoms with Crippen molar-refractivity contribution >= 4 is 34.7 Å². The molecule has 1 heterocycles. The fourth-order valence-corrected chi connectivity index (χ4v) is 2.17. The van der Waals surface area contributed by atoms with E-state index in [4.69, 9.17) is 11.6 Å². The summed E-state index contributed by atoms with van der Waals surface area (Å²) in [4.78, 5) is 4.56. The van der Waals surface area contributed by atoms with Crippen molar-refractivity contribution in [3.05, 3.63) is 70.9 Å². The van der Waals surface area contributed by atoms with E-state index in [0.717, 1.165) is 22.2 Å². The van der Waals surface area contributed by atoms with Crippen molar-refractivity contribution in [1.82, 2.24) is 4.98 Å². The summed E-state index contributed by atoms with van der Waals surface area (Å²) in [7, 11) is 0. The molecule has 0 saturated heterocycles. The molecular formula is C17H12ClNO. The summed E-state index contributed by atoms with van der Waals surface area (Å²) in [6.45, 7) is 0. The maximum atomic E-state index is 9.38. The lowest BCUT2D eigenvalue weighted by molar-refractivity contribution is 0.475. The van der Waals surface area contributed by atoms with Crippen LogP contribution in [0.2, 0.25) is 5.02 Å². The molecule has 98 valence electrons. The summed E-state index contributed by atoms with van der Waals surface area (Å²) in [6.07, 6.45) is 3.84. The molecule has 3 aromatic rings. The number of nitrogens with zero attached hydrogens (tertiary/aromatic N) is 1. The first-order valence-corrected chi connectivity index (χ1v) is 6.62. The zero-order valence-corrected chi connectivity index (χ0v) is 11.4. The first-order valence-electron chi connectivity index (χ1n) is 6.25. The number of phenols is 1. The van der Waals surface area contributed by atoms with Crippen LogP contribution in [0.4, 0.5) is 0 Å². The van der Waals surface area contributed by atoms with Crippen molar-refractivity contribution in [3.8, 4) is 5.75 Å². The van der Waals surface area contributed by atoms with E-state index in [2.05, 4.69) is 4.98 Å². The van der Waals surface area contributed by atoms with Crippen LogP contribution in [0.25, 0.3) is 23.1 Å². The largest absolute Gasteiger partial charge is 0.506 e. The van der Waals surface area contributed by atoms with Gasteiger partial charge < -0.3 is 5.11 Å². The molecule has 3 rings (SSSR count). The summed E-state index contributed by atoms with van der Waals surface area (Å²) < 4.78 is 0. The van der Waals surface area contributed by atoms with Gasteiger partial charge in [-0.05, 0) is 35.9 Å². The van der Waals surface area contributed by atoms with Gasteiger partial charge in [0.15, 0.2) is 0 Å². The van der Waals surface area contributed by atoms with Crippen molar-refractivity contribution in [2.75, 3.05) is 0 Å². The number of aromatic hydroxyl groups is 1. The van der Waals surface area contributed by atoms with Crippen molar-refractivity contribution in [1.29, 1.82) is 0 Å². The van der Waals surface area contributed by atoms with E-state index in [1.54, 1.807) is 18.2 Å². The van der Waals surface area contributed by atoms with Crippen LogP contribution in [0.15, 0.2) is 54.6 Å². The molecule has 1 aromatic heterocycles. The Morgan fingerprint density at radius 2 is 1.80 bits per heavy atom. The fourth-order valence-electron chi connectivity index (χ4n) is 1.98. The van der Waals surface area contributed by atoms with Crippen LogP contribution in [0.3, 0.4) is 0 Å². The van der Waals surface area contributed by atoms with E-state index in [0.29, 0.717) is 5.02 Å². The normalized spacial score (nSPS) is 11.2. The molecule has 0 unspecified atom stereocenters. The maximum absolute atomic E-state index is 9.38. The highest BCUT2D eigenvalue weighted by Gasteiger charge is 1.98. The summed E-state index contributed by atoms with van der Waals surface area (Å²) in [5.41, 5.74) is 2.77. The Bertz CT molecular complexity index is 796. The minimum atomic E-state index is 0.0904. The number of para-hydroxylation sites is 1. The highest BCUT2D eigenvalue weighted by atomic mass is 35.5. The Labute approximate surface area is 122 Å². The zero-order valence-electron chi connectivity index (χ0n) is 10.6. The quantitative estimate of drug-likeness (QED) is 0.734. The van der Waals surface area contributed by atoms with Gasteiger partial charge in [0.25, 0.3) is 0 Å². The van der Waals surface area contributed by atoms with Gasteiger partial charge in [0.2, 0.25) is 0 Å². The van der Waals surface area contributed by atoms with Gasteiger partial charge in [-0.25, -0.2) is 4.98 Å². The van der Waals surface area contributed by atoms with E-state index >= 15 is 0 Å². The zero-order chi connectivity index (χ0) is 13.9. The van der Waals surface area contributed by atoms with Crippen LogP contribution in [0.5, 0.6) is 5.75 Å². The number of rotatable bonds is 2. The fraction of sp³-hybridized carbons (Fsp3) is 0. The van der Waals surface area contributed by atoms with Gasteiger partial charge in [0, 0.05) is 5.39 Å². The molecule has 2 nitrogen and oxygen atoms in total. The number of phenolic OH excluding ortho intramolecular Hbond substituents is 1. The van der Waals surface area contributed by atoms with E-state index in [1.165, 1.54) is 0 Å². The van der Waals surface area contributed by atoms with E-state index < -0.39 is 0 Å². The average molecular weight is 282 g/mol. The van der Waals surface area contributed by atoms with E-state index in [1.807, 2.05) is 48.6 Å². The topological polar surface area (TPSA) is 33.1 Å². The third-order valence-corrected chi connectivity index (χ3v) is 3.34. The number of halogens is 1. The van der Waals surface area contributed by atoms with Gasteiger partial charge in [-0.3, -0.25) is 0 Å². The molecule has 1 N–H and O–H groups in total. The summed E-state index contributed by atoms with van der Waals surface area (Å²) in [5.74, 6) is 0.0904. The molecule has 0 amide bonds. The van der Waals surface area contributed by atoms with E-state index in [9.17, 15) is 5.11 Å². The van der Waals surface area contributed by atoms with Crippen LogP contribution in [0, 0.1) is 0 Å². The third-order valence-electron chi connectivity index (χ3n) is 3.04. The second-order valence-electron chi connectivity index (χ2n) is 4.47. The third kappa shape index (κ3) is 2.65. The molecule has 0 saturated carbocycles. The number of hydrogen-bond donors (Lipinski definition) is 1. The second kappa shape index (κ2) is 5.35. The molecule has 0 aliphatic carbocycles. The Morgan fingerprint density at radius 1 is 0.950 bits per heavy atom. The standard InChI is InChI=1S/C17H12ClNO/c18-15-11-12(6-10-17(15)20)5-8-14-9-7-13-3-1-2-4-16(13)19-14/h1-11,20H/b8-5+. The first-order chi connectivity index (χ1) is 9.72. The lowest BCUT2D eigenvalue weighted by atomic mass is 10.1. The van der Waals surface area contributed by atoms with Gasteiger partial charge in [0.1, 0.15) is 5.75 Å². The highest BCUT2D eigenvalue weighted by molar-refractivity contribution is 6.32. The van der Waals surface area contributed by atoms with Crippen molar-refractivity contribution < 1.29 is 5.11 Å². The first kappa shape index (κ1) is 12.7. The van der Waals surface area contributed by atoms with Gasteiger partial charge in [-0.1, -0.05) is 48.0 Å². The number of benzene rings is 2. The van der Waals surface area contributed by atoms with Crippen LogP contribution in [-0.4, -0.2) is 10.1 Å². The van der Waals surface area contributed by atoms with Gasteiger partial charge >= 0.3 is 0 Å². The lowest BCUT2D eigenvalue weighted by Gasteiger charge is -2.00. The molecule has 2 aromatic carbocycles. The Hall–Kier alpha value is -2.32. The summed E-state index contributed by atoms with van der Waals surface area (Å²) in [6, 6.07) is 17.1. The molecule has 0 aliphatic heterocycles. The van der Waals surface area contributed by atoms with Crippen LogP contribution in [0.1, 0.15) is 11.3 Å². The highest BCUT2D eigenvalue weighted by Crippen LogP contribution is 2.24. The number of aromatic nitrogens is 1. The van der Waals surface area contributed by atoms with Crippen molar-refractivity contribution in [2.24, 2.45) is 0 Å². The molecule has 3 heteroatoms. The maximum Gasteiger partial charge on any atom is 0.134 e. The van der Waals surface area contributed by atoms with Crippen LogP contribution in [-0.2, 0) is 0 Å². The Morgan fingerprint density at radius 3 is 2.65 bits per heavy atom. The van der Waals surface area contributed by atoms with Gasteiger partial charge in [-0.15, -0.1) is 0 Å². The van der Waals surface area contributed by atoms with Crippen molar-refractivity contribution in [3.63, 3.8) is 0 Å². The smallest absolute Gasteiger partial charge is 0.134 e. The molecule has 0 spiro atoms. The minimum Gasteiger partial charge on any atom is -0.506 e. The molecule has 20 heavy (non-hydrogen) atoms. The Kier molecular flexibility index (Phi) is 3.40. The van der Waals surface area contributed by atoms with Crippen LogP contribution < -0.4 is 0 Å². The molecule has 0 bridgehead atoms. The second-order valence-corrected chi connectivity index (χ2v) is 4.88. The molecule has 0 radical (unpaired) electrons. The summed E-state index contributed by atoms with van der Waals surface area (Å²) >= 11 is 5.87. The summed E-state index contributed by atoms with van der Waals surface area (Å²) in [5, 5.41) is 10.8. The molecule has 0 aliphatic rings. The SMILES string of the molecule is Oc1ccc(/C=C/c2ccc3ccccc3n2)cc1Cl. The Balaban J connectivity index is 1.91. The molecule has 0 fully saturated rings. The van der Waals surface area contributed by atoms with Gasteiger partial charge in [-0.2, -0.15) is 0 Å². The monoisotopic (exact) mass is 281 g/mol. The molecular weight excluding hydrogens is 270 g/mol. The average Bonchev–Trinajstić information content (AvgIpc) is 2.48. The predicted octanol–water partition coefficient (Wildman–Crippen LogP) is 4.76. The number of hydrogen-bond acceptors (Lipinski definition) is 2. The molecule has 0 atom stereocenters. The van der Waals surface area contributed by atoms with Gasteiger partial charge in [0.05, 0.1) is 16.2 Å². The number of pyridine rings is 1. The van der Waals surface area contributed by atoms with Crippen LogP contribution >= 0.6 is 11.6 Å². The minimum absolute atomic E-state index is 0.0904. The lowest BCUT2D eigenvalue weighted by Crippen LogP contribution is -1.82. The predicted molar refractivity (Wildman–Crippen MR) is 83.8 cm³/mol. The number of fused-ring (bicyclic) bond motifs is 1. The van der Waals surface area contributed by atoms with Crippen molar-refractivity contribution in [2.45, 2.75) is 0 Å². The van der Waals surface area contributed by atoms with E-state index in [-0.39, 0.29) is 5.75 Å².